The summed E-state index contributed by atoms with van der Waals surface area (Å²) in [6.07, 6.45) is 3.41. The number of benzene rings is 2. The lowest BCUT2D eigenvalue weighted by Crippen LogP contribution is -2.49. The first-order chi connectivity index (χ1) is 16.5. The Morgan fingerprint density at radius 2 is 1.62 bits per heavy atom. The molecule has 1 saturated heterocycles. The van der Waals surface area contributed by atoms with Crippen LogP contribution in [0.5, 0.6) is 0 Å². The predicted octanol–water partition coefficient (Wildman–Crippen LogP) is 2.91. The molecule has 0 atom stereocenters. The van der Waals surface area contributed by atoms with E-state index in [0.29, 0.717) is 48.6 Å². The van der Waals surface area contributed by atoms with Gasteiger partial charge in [0.05, 0.1) is 29.8 Å². The van der Waals surface area contributed by atoms with Gasteiger partial charge in [0.25, 0.3) is 11.8 Å². The summed E-state index contributed by atoms with van der Waals surface area (Å²) in [5.41, 5.74) is 3.01. The van der Waals surface area contributed by atoms with Gasteiger partial charge in [-0.2, -0.15) is 0 Å². The van der Waals surface area contributed by atoms with Crippen molar-refractivity contribution in [2.45, 2.75) is 13.0 Å². The summed E-state index contributed by atoms with van der Waals surface area (Å²) in [6, 6.07) is 15.0. The molecule has 0 bridgehead atoms. The summed E-state index contributed by atoms with van der Waals surface area (Å²) in [5, 5.41) is 0. The van der Waals surface area contributed by atoms with E-state index < -0.39 is 0 Å². The monoisotopic (exact) mass is 458 g/mol. The van der Waals surface area contributed by atoms with E-state index in [9.17, 15) is 18.8 Å². The highest BCUT2D eigenvalue weighted by atomic mass is 19.1. The van der Waals surface area contributed by atoms with E-state index in [1.165, 1.54) is 17.0 Å². The van der Waals surface area contributed by atoms with Crippen LogP contribution in [0.3, 0.4) is 0 Å². The first-order valence-electron chi connectivity index (χ1n) is 11.2. The first kappa shape index (κ1) is 21.8. The molecule has 1 aromatic heterocycles. The molecule has 34 heavy (non-hydrogen) atoms. The zero-order valence-corrected chi connectivity index (χ0v) is 18.5. The maximum absolute atomic E-state index is 13.4. The highest BCUT2D eigenvalue weighted by Crippen LogP contribution is 2.33. The molecule has 5 rings (SSSR count). The lowest BCUT2D eigenvalue weighted by Gasteiger charge is -2.36. The number of fused-ring (bicyclic) bond motifs is 1. The molecule has 0 spiro atoms. The number of imide groups is 1. The molecule has 2 aliphatic rings. The van der Waals surface area contributed by atoms with E-state index in [1.54, 1.807) is 53.7 Å². The van der Waals surface area contributed by atoms with E-state index in [4.69, 9.17) is 0 Å². The molecule has 2 aliphatic heterocycles. The molecule has 3 amide bonds. The second-order valence-electron chi connectivity index (χ2n) is 8.43. The van der Waals surface area contributed by atoms with Gasteiger partial charge in [0.2, 0.25) is 5.91 Å². The van der Waals surface area contributed by atoms with Gasteiger partial charge < -0.3 is 9.80 Å². The van der Waals surface area contributed by atoms with Crippen molar-refractivity contribution in [3.63, 3.8) is 0 Å². The Kier molecular flexibility index (Phi) is 5.79. The molecule has 0 N–H and O–H groups in total. The fourth-order valence-corrected chi connectivity index (χ4v) is 4.52. The van der Waals surface area contributed by atoms with Crippen LogP contribution in [0.1, 0.15) is 31.8 Å². The van der Waals surface area contributed by atoms with Crippen molar-refractivity contribution in [1.82, 2.24) is 14.8 Å². The average molecular weight is 458 g/mol. The topological polar surface area (TPSA) is 73.8 Å². The maximum atomic E-state index is 13.4. The number of hydrogen-bond donors (Lipinski definition) is 0. The Balaban J connectivity index is 1.28. The van der Waals surface area contributed by atoms with E-state index in [-0.39, 0.29) is 36.5 Å². The largest absolute Gasteiger partial charge is 0.367 e. The van der Waals surface area contributed by atoms with Gasteiger partial charge in [-0.1, -0.05) is 18.2 Å². The summed E-state index contributed by atoms with van der Waals surface area (Å²) in [6.45, 7) is 2.24. The summed E-state index contributed by atoms with van der Waals surface area (Å²) in [7, 11) is 0. The highest BCUT2D eigenvalue weighted by Gasteiger charge is 2.38. The highest BCUT2D eigenvalue weighted by molar-refractivity contribution is 6.23. The van der Waals surface area contributed by atoms with Gasteiger partial charge in [-0.05, 0) is 47.5 Å². The second kappa shape index (κ2) is 9.05. The number of hydrogen-bond acceptors (Lipinski definition) is 5. The van der Waals surface area contributed by atoms with Gasteiger partial charge in [0, 0.05) is 38.6 Å². The molecule has 172 valence electrons. The van der Waals surface area contributed by atoms with Gasteiger partial charge in [-0.15, -0.1) is 0 Å². The molecule has 1 fully saturated rings. The van der Waals surface area contributed by atoms with Gasteiger partial charge >= 0.3 is 0 Å². The Hall–Kier alpha value is -4.07. The Bertz CT molecular complexity index is 1260. The first-order valence-corrected chi connectivity index (χ1v) is 11.2. The fourth-order valence-electron chi connectivity index (χ4n) is 4.52. The molecule has 3 aromatic rings. The lowest BCUT2D eigenvalue weighted by atomic mass is 10.1. The molecule has 0 aliphatic carbocycles. The van der Waals surface area contributed by atoms with E-state index in [2.05, 4.69) is 4.98 Å². The van der Waals surface area contributed by atoms with Gasteiger partial charge in [-0.3, -0.25) is 24.3 Å². The van der Waals surface area contributed by atoms with Crippen LogP contribution in [-0.4, -0.2) is 58.7 Å². The van der Waals surface area contributed by atoms with E-state index in [1.807, 2.05) is 11.0 Å². The number of halogens is 1. The van der Waals surface area contributed by atoms with Crippen LogP contribution in [0, 0.1) is 5.82 Å². The SMILES string of the molecule is O=C(Cc1cccc(F)c1)N1CCN(c2cccc3c2C(=O)N(Cc2ccncc2)C3=O)CC1. The van der Waals surface area contributed by atoms with Crippen LogP contribution in [0.15, 0.2) is 67.0 Å². The molecule has 3 heterocycles. The normalized spacial score (nSPS) is 15.6. The maximum Gasteiger partial charge on any atom is 0.263 e. The number of nitrogens with zero attached hydrogens (tertiary/aromatic N) is 4. The number of carbonyl (C=O) groups is 3. The third-order valence-electron chi connectivity index (χ3n) is 6.28. The Morgan fingerprint density at radius 3 is 2.35 bits per heavy atom. The number of rotatable bonds is 5. The number of anilines is 1. The van der Waals surface area contributed by atoms with Gasteiger partial charge in [0.1, 0.15) is 5.82 Å². The van der Waals surface area contributed by atoms with Crippen LogP contribution in [0.25, 0.3) is 0 Å². The van der Waals surface area contributed by atoms with Crippen LogP contribution >= 0.6 is 0 Å². The standard InChI is InChI=1S/C26H23FN4O3/c27-20-4-1-3-19(15-20)16-23(32)30-13-11-29(12-14-30)22-6-2-5-21-24(22)26(34)31(25(21)33)17-18-7-9-28-10-8-18/h1-10,15H,11-14,16-17H2. The van der Waals surface area contributed by atoms with Gasteiger partial charge in [0.15, 0.2) is 0 Å². The molecule has 8 heteroatoms. The number of carbonyl (C=O) groups excluding carboxylic acids is 3. The summed E-state index contributed by atoms with van der Waals surface area (Å²) < 4.78 is 13.4. The lowest BCUT2D eigenvalue weighted by molar-refractivity contribution is -0.130. The predicted molar refractivity (Wildman–Crippen MR) is 124 cm³/mol. The molecular weight excluding hydrogens is 435 g/mol. The molecule has 2 aromatic carbocycles. The molecule has 0 radical (unpaired) electrons. The van der Waals surface area contributed by atoms with E-state index >= 15 is 0 Å². The minimum atomic E-state index is -0.356. The summed E-state index contributed by atoms with van der Waals surface area (Å²) in [5.74, 6) is -1.02. The van der Waals surface area contributed by atoms with Crippen molar-refractivity contribution in [1.29, 1.82) is 0 Å². The zero-order valence-electron chi connectivity index (χ0n) is 18.5. The number of pyridine rings is 1. The molecule has 7 nitrogen and oxygen atoms in total. The molecule has 0 saturated carbocycles. The van der Waals surface area contributed by atoms with Crippen molar-refractivity contribution in [2.75, 3.05) is 31.1 Å². The molecular formula is C26H23FN4O3. The van der Waals surface area contributed by atoms with Crippen LogP contribution in [-0.2, 0) is 17.8 Å². The summed E-state index contributed by atoms with van der Waals surface area (Å²) in [4.78, 5) is 48.0. The second-order valence-corrected chi connectivity index (χ2v) is 8.43. The summed E-state index contributed by atoms with van der Waals surface area (Å²) >= 11 is 0. The average Bonchev–Trinajstić information content (AvgIpc) is 3.10. The van der Waals surface area contributed by atoms with Crippen LogP contribution < -0.4 is 4.90 Å². The van der Waals surface area contributed by atoms with Crippen molar-refractivity contribution in [3.8, 4) is 0 Å². The van der Waals surface area contributed by atoms with E-state index in [0.717, 1.165) is 5.56 Å². The zero-order chi connectivity index (χ0) is 23.7. The third-order valence-corrected chi connectivity index (χ3v) is 6.28. The van der Waals surface area contributed by atoms with Gasteiger partial charge in [-0.25, -0.2) is 4.39 Å². The van der Waals surface area contributed by atoms with Crippen molar-refractivity contribution >= 4 is 23.4 Å². The minimum Gasteiger partial charge on any atom is -0.367 e. The number of piperazine rings is 1. The van der Waals surface area contributed by atoms with Crippen molar-refractivity contribution in [2.24, 2.45) is 0 Å². The van der Waals surface area contributed by atoms with Crippen LogP contribution in [0.2, 0.25) is 0 Å². The number of amides is 3. The fraction of sp³-hybridized carbons (Fsp3) is 0.231. The van der Waals surface area contributed by atoms with Crippen molar-refractivity contribution < 1.29 is 18.8 Å². The Labute approximate surface area is 196 Å². The smallest absolute Gasteiger partial charge is 0.263 e. The number of aromatic nitrogens is 1. The third kappa shape index (κ3) is 4.14. The Morgan fingerprint density at radius 1 is 0.882 bits per heavy atom. The van der Waals surface area contributed by atoms with Crippen molar-refractivity contribution in [3.05, 3.63) is 95.1 Å². The quantitative estimate of drug-likeness (QED) is 0.550. The molecule has 0 unspecified atom stereocenters. The minimum absolute atomic E-state index is 0.0571. The van der Waals surface area contributed by atoms with Crippen LogP contribution in [0.4, 0.5) is 10.1 Å².